The molecule has 0 radical (unpaired) electrons. The van der Waals surface area contributed by atoms with Crippen molar-refractivity contribution in [1.82, 2.24) is 19.5 Å². The molecule has 5 heteroatoms. The van der Waals surface area contributed by atoms with Gasteiger partial charge in [0.2, 0.25) is 5.95 Å². The van der Waals surface area contributed by atoms with E-state index in [2.05, 4.69) is 141 Å². The van der Waals surface area contributed by atoms with Crippen LogP contribution in [0.5, 0.6) is 0 Å². The lowest BCUT2D eigenvalue weighted by molar-refractivity contribution is 0.597. The van der Waals surface area contributed by atoms with Gasteiger partial charge in [0.1, 0.15) is 0 Å². The summed E-state index contributed by atoms with van der Waals surface area (Å²) in [7, 11) is 0. The summed E-state index contributed by atoms with van der Waals surface area (Å²) in [5.41, 5.74) is 7.77. The molecule has 248 valence electrons. The second-order valence-corrected chi connectivity index (χ2v) is 15.5. The van der Waals surface area contributed by atoms with Crippen molar-refractivity contribution in [2.75, 3.05) is 0 Å². The highest BCUT2D eigenvalue weighted by atomic mass is 32.1. The van der Waals surface area contributed by atoms with Crippen LogP contribution in [0.3, 0.4) is 0 Å². The van der Waals surface area contributed by atoms with Crippen molar-refractivity contribution in [2.45, 2.75) is 26.2 Å². The van der Waals surface area contributed by atoms with Gasteiger partial charge in [-0.1, -0.05) is 160 Å². The fraction of sp³-hybridized carbons (Fsp3) is 0.0851. The van der Waals surface area contributed by atoms with Gasteiger partial charge in [0.05, 0.1) is 11.0 Å². The molecule has 10 aromatic rings. The average molecular weight is 687 g/mol. The second-order valence-electron chi connectivity index (χ2n) is 14.5. The Morgan fingerprint density at radius 1 is 0.462 bits per heavy atom. The van der Waals surface area contributed by atoms with Gasteiger partial charge < -0.3 is 0 Å². The molecule has 0 saturated heterocycles. The summed E-state index contributed by atoms with van der Waals surface area (Å²) >= 11 is 1.91. The predicted octanol–water partition coefficient (Wildman–Crippen LogP) is 12.8. The molecular formula is C47H34N4S. The van der Waals surface area contributed by atoms with E-state index in [1.54, 1.807) is 0 Å². The zero-order valence-corrected chi connectivity index (χ0v) is 29.9. The number of hydrogen-bond acceptors (Lipinski definition) is 4. The minimum Gasteiger partial charge on any atom is -0.277 e. The van der Waals surface area contributed by atoms with Crippen LogP contribution in [0, 0.1) is 0 Å². The van der Waals surface area contributed by atoms with E-state index in [9.17, 15) is 0 Å². The molecule has 7 aromatic carbocycles. The molecule has 0 aliphatic heterocycles. The van der Waals surface area contributed by atoms with Crippen molar-refractivity contribution in [3.8, 4) is 39.9 Å². The van der Waals surface area contributed by atoms with Crippen molar-refractivity contribution in [3.63, 3.8) is 0 Å². The maximum absolute atomic E-state index is 5.30. The lowest BCUT2D eigenvalue weighted by Crippen LogP contribution is -2.10. The van der Waals surface area contributed by atoms with Crippen molar-refractivity contribution in [3.05, 3.63) is 157 Å². The largest absolute Gasteiger partial charge is 0.277 e. The van der Waals surface area contributed by atoms with Crippen LogP contribution in [-0.2, 0) is 5.41 Å². The summed E-state index contributed by atoms with van der Waals surface area (Å²) in [6.07, 6.45) is 0. The number of thiophene rings is 1. The van der Waals surface area contributed by atoms with Crippen LogP contribution in [0.4, 0.5) is 0 Å². The highest BCUT2D eigenvalue weighted by molar-refractivity contribution is 7.27. The second kappa shape index (κ2) is 11.7. The van der Waals surface area contributed by atoms with Crippen LogP contribution < -0.4 is 0 Å². The van der Waals surface area contributed by atoms with E-state index < -0.39 is 0 Å². The Balaban J connectivity index is 1.43. The summed E-state index contributed by atoms with van der Waals surface area (Å²) in [5.74, 6) is 1.88. The lowest BCUT2D eigenvalue weighted by atomic mass is 9.86. The van der Waals surface area contributed by atoms with Crippen molar-refractivity contribution in [2.24, 2.45) is 0 Å². The first kappa shape index (κ1) is 30.6. The molecule has 0 aliphatic carbocycles. The van der Waals surface area contributed by atoms with E-state index in [1.807, 2.05) is 47.7 Å². The maximum Gasteiger partial charge on any atom is 0.238 e. The SMILES string of the molecule is CC(C)(C)c1cccc2c1sc1c3ccccc3c3c4cc(-c5ccccc5)ccc4n(-c4nc(-c5ccccc5)nc(-c5ccccc5)n4)c3c21. The van der Waals surface area contributed by atoms with Gasteiger partial charge in [0.25, 0.3) is 0 Å². The predicted molar refractivity (Wildman–Crippen MR) is 220 cm³/mol. The minimum atomic E-state index is -0.0179. The van der Waals surface area contributed by atoms with E-state index in [4.69, 9.17) is 15.0 Å². The van der Waals surface area contributed by atoms with Gasteiger partial charge in [0.15, 0.2) is 11.6 Å². The molecule has 4 nitrogen and oxygen atoms in total. The Morgan fingerprint density at radius 3 is 1.67 bits per heavy atom. The molecule has 0 unspecified atom stereocenters. The molecule has 0 saturated carbocycles. The number of fused-ring (bicyclic) bond motifs is 10. The lowest BCUT2D eigenvalue weighted by Gasteiger charge is -2.19. The molecule has 3 aromatic heterocycles. The Bertz CT molecular complexity index is 2920. The summed E-state index contributed by atoms with van der Waals surface area (Å²) in [4.78, 5) is 15.7. The van der Waals surface area contributed by atoms with Crippen LogP contribution in [0.25, 0.3) is 92.6 Å². The van der Waals surface area contributed by atoms with Gasteiger partial charge in [-0.05, 0) is 39.6 Å². The summed E-state index contributed by atoms with van der Waals surface area (Å²) in [6, 6.07) is 53.7. The molecule has 10 rings (SSSR count). The Morgan fingerprint density at radius 2 is 1.04 bits per heavy atom. The van der Waals surface area contributed by atoms with Crippen LogP contribution in [-0.4, -0.2) is 19.5 Å². The fourth-order valence-electron chi connectivity index (χ4n) is 7.75. The number of nitrogens with zero attached hydrogens (tertiary/aromatic N) is 4. The average Bonchev–Trinajstić information content (AvgIpc) is 3.75. The van der Waals surface area contributed by atoms with Gasteiger partial charge in [-0.25, -0.2) is 4.98 Å². The van der Waals surface area contributed by atoms with Gasteiger partial charge in [-0.15, -0.1) is 11.3 Å². The molecule has 0 amide bonds. The van der Waals surface area contributed by atoms with E-state index in [-0.39, 0.29) is 5.41 Å². The Labute approximate surface area is 305 Å². The van der Waals surface area contributed by atoms with E-state index in [1.165, 1.54) is 58.4 Å². The van der Waals surface area contributed by atoms with Crippen LogP contribution in [0.15, 0.2) is 152 Å². The highest BCUT2D eigenvalue weighted by Gasteiger charge is 2.26. The van der Waals surface area contributed by atoms with Crippen molar-refractivity contribution in [1.29, 1.82) is 0 Å². The van der Waals surface area contributed by atoms with E-state index in [0.717, 1.165) is 22.2 Å². The smallest absolute Gasteiger partial charge is 0.238 e. The topological polar surface area (TPSA) is 43.6 Å². The number of rotatable bonds is 4. The zero-order chi connectivity index (χ0) is 35.0. The minimum absolute atomic E-state index is 0.0179. The molecule has 52 heavy (non-hydrogen) atoms. The van der Waals surface area contributed by atoms with Crippen molar-refractivity contribution < 1.29 is 0 Å². The van der Waals surface area contributed by atoms with Gasteiger partial charge in [-0.2, -0.15) is 9.97 Å². The highest BCUT2D eigenvalue weighted by Crippen LogP contribution is 2.50. The standard InChI is InChI=1S/C47H34N4S/c1-47(2,3)37-25-15-24-35-40-41-39(33-22-13-14-23-34(33)43(40)52-42(35)37)36-28-32(29-16-7-4-8-17-29)26-27-38(36)51(41)46-49-44(30-18-9-5-10-19-30)48-45(50-46)31-20-11-6-12-21-31/h4-28H,1-3H3. The summed E-state index contributed by atoms with van der Waals surface area (Å²) in [6.45, 7) is 6.93. The number of aromatic nitrogens is 4. The van der Waals surface area contributed by atoms with Crippen LogP contribution >= 0.6 is 11.3 Å². The zero-order valence-electron chi connectivity index (χ0n) is 29.1. The van der Waals surface area contributed by atoms with Gasteiger partial charge in [-0.3, -0.25) is 4.57 Å². The van der Waals surface area contributed by atoms with Crippen molar-refractivity contribution >= 4 is 64.1 Å². The Hall–Kier alpha value is -6.17. The molecule has 0 N–H and O–H groups in total. The molecule has 0 bridgehead atoms. The van der Waals surface area contributed by atoms with Crippen LogP contribution in [0.2, 0.25) is 0 Å². The molecular weight excluding hydrogens is 653 g/mol. The number of benzene rings is 7. The van der Waals surface area contributed by atoms with E-state index in [0.29, 0.717) is 17.6 Å². The third-order valence-corrected chi connectivity index (χ3v) is 11.4. The molecule has 3 heterocycles. The third kappa shape index (κ3) is 4.77. The Kier molecular flexibility index (Phi) is 6.89. The van der Waals surface area contributed by atoms with Gasteiger partial charge in [0, 0.05) is 47.5 Å². The van der Waals surface area contributed by atoms with E-state index >= 15 is 0 Å². The fourth-order valence-corrected chi connectivity index (χ4v) is 9.31. The molecule has 0 spiro atoms. The normalized spacial score (nSPS) is 12.1. The summed E-state index contributed by atoms with van der Waals surface area (Å²) < 4.78 is 4.92. The summed E-state index contributed by atoms with van der Waals surface area (Å²) in [5, 5.41) is 7.36. The third-order valence-electron chi connectivity index (χ3n) is 10.2. The quantitative estimate of drug-likeness (QED) is 0.185. The molecule has 0 fully saturated rings. The molecule has 0 aliphatic rings. The first-order valence-electron chi connectivity index (χ1n) is 17.7. The van der Waals surface area contributed by atoms with Gasteiger partial charge >= 0.3 is 0 Å². The first-order valence-corrected chi connectivity index (χ1v) is 18.5. The molecule has 0 atom stereocenters. The van der Waals surface area contributed by atoms with Crippen LogP contribution in [0.1, 0.15) is 26.3 Å². The first-order chi connectivity index (χ1) is 25.4. The monoisotopic (exact) mass is 686 g/mol. The number of hydrogen-bond donors (Lipinski definition) is 0. The maximum atomic E-state index is 5.30.